The molecule has 0 radical (unpaired) electrons. The Morgan fingerprint density at radius 3 is 2.57 bits per heavy atom. The minimum absolute atomic E-state index is 0.163. The van der Waals surface area contributed by atoms with E-state index in [2.05, 4.69) is 21.4 Å². The Morgan fingerprint density at radius 1 is 1.38 bits per heavy atom. The number of halogens is 2. The number of methoxy groups -OCH3 is 1. The van der Waals surface area contributed by atoms with Crippen LogP contribution in [0.4, 0.5) is 4.39 Å². The Labute approximate surface area is 129 Å². The summed E-state index contributed by atoms with van der Waals surface area (Å²) < 4.78 is 21.0. The first-order valence-electron chi connectivity index (χ1n) is 6.89. The van der Waals surface area contributed by atoms with Crippen LogP contribution in [0.2, 0.25) is 0 Å². The smallest absolute Gasteiger partial charge is 0.167 e. The summed E-state index contributed by atoms with van der Waals surface area (Å²) in [6.07, 6.45) is 0. The maximum Gasteiger partial charge on any atom is 0.167 e. The van der Waals surface area contributed by atoms with Crippen molar-refractivity contribution >= 4 is 22.6 Å². The van der Waals surface area contributed by atoms with Gasteiger partial charge in [0, 0.05) is 24.7 Å². The maximum absolute atomic E-state index is 13.9. The summed E-state index contributed by atoms with van der Waals surface area (Å²) in [4.78, 5) is 6.59. The van der Waals surface area contributed by atoms with Gasteiger partial charge in [-0.3, -0.25) is 0 Å². The third-order valence-electron chi connectivity index (χ3n) is 3.42. The summed E-state index contributed by atoms with van der Waals surface area (Å²) in [5, 5.41) is -0.254. The van der Waals surface area contributed by atoms with Crippen molar-refractivity contribution in [2.75, 3.05) is 27.7 Å². The molecule has 0 bridgehead atoms. The molecular formula is C15H21ClFN3O. The van der Waals surface area contributed by atoms with Gasteiger partial charge in [0.2, 0.25) is 0 Å². The molecule has 0 fully saturated rings. The second kappa shape index (κ2) is 6.20. The second-order valence-electron chi connectivity index (χ2n) is 5.54. The molecule has 2 atom stereocenters. The largest absolute Gasteiger partial charge is 0.494 e. The average Bonchev–Trinajstić information content (AvgIpc) is 2.75. The molecule has 0 spiro atoms. The average molecular weight is 314 g/mol. The number of nitrogens with zero attached hydrogens (tertiary/aromatic N) is 3. The molecule has 116 valence electrons. The van der Waals surface area contributed by atoms with Crippen LogP contribution in [0.5, 0.6) is 5.75 Å². The Balaban J connectivity index is 2.66. The molecule has 0 aliphatic rings. The number of aromatic nitrogens is 2. The van der Waals surface area contributed by atoms with Gasteiger partial charge in [-0.05, 0) is 27.9 Å². The van der Waals surface area contributed by atoms with E-state index in [1.54, 1.807) is 6.07 Å². The van der Waals surface area contributed by atoms with E-state index in [4.69, 9.17) is 16.3 Å². The van der Waals surface area contributed by atoms with Gasteiger partial charge in [-0.25, -0.2) is 9.37 Å². The molecule has 0 saturated heterocycles. The van der Waals surface area contributed by atoms with Crippen LogP contribution >= 0.6 is 11.6 Å². The van der Waals surface area contributed by atoms with E-state index >= 15 is 0 Å². The quantitative estimate of drug-likeness (QED) is 0.790. The van der Waals surface area contributed by atoms with Gasteiger partial charge in [-0.15, -0.1) is 11.6 Å². The van der Waals surface area contributed by atoms with Crippen LogP contribution in [0.15, 0.2) is 12.1 Å². The zero-order valence-corrected chi connectivity index (χ0v) is 13.8. The molecule has 0 aliphatic carbocycles. The molecule has 21 heavy (non-hydrogen) atoms. The summed E-state index contributed by atoms with van der Waals surface area (Å²) in [5.41, 5.74) is 1.44. The van der Waals surface area contributed by atoms with E-state index in [0.29, 0.717) is 5.52 Å². The molecule has 1 aromatic carbocycles. The Bertz CT molecular complexity index is 639. The van der Waals surface area contributed by atoms with Gasteiger partial charge in [0.25, 0.3) is 0 Å². The van der Waals surface area contributed by atoms with E-state index in [1.165, 1.54) is 13.2 Å². The van der Waals surface area contributed by atoms with Crippen molar-refractivity contribution in [1.82, 2.24) is 14.5 Å². The predicted octanol–water partition coefficient (Wildman–Crippen LogP) is 3.61. The van der Waals surface area contributed by atoms with Crippen LogP contribution in [0.3, 0.4) is 0 Å². The number of imidazole rings is 1. The summed E-state index contributed by atoms with van der Waals surface area (Å²) in [6, 6.07) is 3.25. The highest BCUT2D eigenvalue weighted by Gasteiger charge is 2.21. The Kier molecular flexibility index (Phi) is 4.74. The number of hydrogen-bond donors (Lipinski definition) is 0. The van der Waals surface area contributed by atoms with E-state index in [9.17, 15) is 4.39 Å². The number of fused-ring (bicyclic) bond motifs is 1. The van der Waals surface area contributed by atoms with Crippen molar-refractivity contribution in [2.24, 2.45) is 0 Å². The van der Waals surface area contributed by atoms with Gasteiger partial charge in [0.15, 0.2) is 11.6 Å². The first-order valence-corrected chi connectivity index (χ1v) is 7.33. The molecule has 0 saturated carbocycles. The van der Waals surface area contributed by atoms with E-state index < -0.39 is 5.82 Å². The maximum atomic E-state index is 13.9. The molecule has 0 aliphatic heterocycles. The summed E-state index contributed by atoms with van der Waals surface area (Å²) in [6.45, 7) is 4.80. The van der Waals surface area contributed by atoms with Crippen LogP contribution in [-0.4, -0.2) is 42.2 Å². The summed E-state index contributed by atoms with van der Waals surface area (Å²) in [5.74, 6) is 0.548. The molecule has 2 rings (SSSR count). The third kappa shape index (κ3) is 3.14. The van der Waals surface area contributed by atoms with E-state index in [0.717, 1.165) is 17.9 Å². The predicted molar refractivity (Wildman–Crippen MR) is 83.8 cm³/mol. The van der Waals surface area contributed by atoms with Crippen molar-refractivity contribution in [3.63, 3.8) is 0 Å². The molecule has 6 heteroatoms. The molecule has 0 amide bonds. The molecule has 2 aromatic rings. The number of benzene rings is 1. The highest BCUT2D eigenvalue weighted by Crippen LogP contribution is 2.31. The fourth-order valence-electron chi connectivity index (χ4n) is 2.63. The third-order valence-corrected chi connectivity index (χ3v) is 3.61. The first kappa shape index (κ1) is 16.0. The molecule has 2 unspecified atom stereocenters. The minimum Gasteiger partial charge on any atom is -0.494 e. The second-order valence-corrected chi connectivity index (χ2v) is 6.20. The monoisotopic (exact) mass is 313 g/mol. The van der Waals surface area contributed by atoms with Gasteiger partial charge in [0.05, 0.1) is 23.5 Å². The van der Waals surface area contributed by atoms with Crippen LogP contribution in [0.25, 0.3) is 11.0 Å². The lowest BCUT2D eigenvalue weighted by Gasteiger charge is -2.22. The van der Waals surface area contributed by atoms with Crippen molar-refractivity contribution in [3.8, 4) is 5.75 Å². The Hall–Kier alpha value is -1.33. The fraction of sp³-hybridized carbons (Fsp3) is 0.533. The molecular weight excluding hydrogens is 293 g/mol. The number of rotatable bonds is 5. The van der Waals surface area contributed by atoms with Crippen LogP contribution in [0, 0.1) is 5.82 Å². The highest BCUT2D eigenvalue weighted by molar-refractivity contribution is 6.20. The number of likely N-dealkylation sites (N-methyl/N-ethyl adjacent to an activating group) is 1. The summed E-state index contributed by atoms with van der Waals surface area (Å²) in [7, 11) is 5.48. The van der Waals surface area contributed by atoms with Gasteiger partial charge < -0.3 is 14.2 Å². The molecule has 1 aromatic heterocycles. The lowest BCUT2D eigenvalue weighted by Crippen LogP contribution is -2.23. The van der Waals surface area contributed by atoms with Crippen molar-refractivity contribution in [2.45, 2.75) is 25.3 Å². The van der Waals surface area contributed by atoms with Crippen molar-refractivity contribution < 1.29 is 9.13 Å². The number of ether oxygens (including phenoxy) is 1. The highest BCUT2D eigenvalue weighted by atomic mass is 35.5. The fourth-order valence-corrected chi connectivity index (χ4v) is 2.78. The van der Waals surface area contributed by atoms with Crippen molar-refractivity contribution in [1.29, 1.82) is 0 Å². The van der Waals surface area contributed by atoms with Crippen LogP contribution < -0.4 is 4.74 Å². The number of alkyl halides is 1. The van der Waals surface area contributed by atoms with Crippen LogP contribution in [0.1, 0.15) is 31.1 Å². The normalized spacial score (nSPS) is 14.7. The first-order chi connectivity index (χ1) is 9.85. The van der Waals surface area contributed by atoms with Crippen molar-refractivity contribution in [3.05, 3.63) is 23.8 Å². The van der Waals surface area contributed by atoms with Gasteiger partial charge in [-0.2, -0.15) is 0 Å². The molecule has 4 nitrogen and oxygen atoms in total. The standard InChI is InChI=1S/C15H21ClFN3O/c1-9(8-19(3)4)20-13-7-14(21-5)11(17)6-12(13)18-15(20)10(2)16/h6-7,9-10H,8H2,1-5H3. The minimum atomic E-state index is -0.413. The zero-order chi connectivity index (χ0) is 15.7. The Morgan fingerprint density at radius 2 is 2.05 bits per heavy atom. The molecule has 1 heterocycles. The van der Waals surface area contributed by atoms with E-state index in [-0.39, 0.29) is 17.2 Å². The number of hydrogen-bond acceptors (Lipinski definition) is 3. The van der Waals surface area contributed by atoms with Gasteiger partial charge >= 0.3 is 0 Å². The lowest BCUT2D eigenvalue weighted by atomic mass is 10.2. The van der Waals surface area contributed by atoms with Gasteiger partial charge in [0.1, 0.15) is 5.82 Å². The van der Waals surface area contributed by atoms with Crippen LogP contribution in [-0.2, 0) is 0 Å². The summed E-state index contributed by atoms with van der Waals surface area (Å²) >= 11 is 6.25. The zero-order valence-electron chi connectivity index (χ0n) is 13.0. The van der Waals surface area contributed by atoms with Gasteiger partial charge in [-0.1, -0.05) is 0 Å². The SMILES string of the molecule is COc1cc2c(cc1F)nc(C(C)Cl)n2C(C)CN(C)C. The topological polar surface area (TPSA) is 30.3 Å². The molecule has 0 N–H and O–H groups in total. The lowest BCUT2D eigenvalue weighted by molar-refractivity contribution is 0.336. The van der Waals surface area contributed by atoms with E-state index in [1.807, 2.05) is 21.0 Å².